The van der Waals surface area contributed by atoms with E-state index in [0.717, 1.165) is 49.2 Å². The standard InChI is InChI=1S/C27H29N5O2/c33-24(31-16-18-32(19-17-31)26-28-14-5-15-29-26)20-21-8-10-23(11-9-21)30-25(34)27(12-4-13-27)22-6-2-1-3-7-22/h1-3,5-11,14-15H,4,12-13,16-20H2,(H,30,34). The Morgan fingerprint density at radius 1 is 0.853 bits per heavy atom. The van der Waals surface area contributed by atoms with Gasteiger partial charge in [-0.2, -0.15) is 0 Å². The highest BCUT2D eigenvalue weighted by Crippen LogP contribution is 2.44. The van der Waals surface area contributed by atoms with E-state index in [9.17, 15) is 9.59 Å². The lowest BCUT2D eigenvalue weighted by molar-refractivity contribution is -0.130. The summed E-state index contributed by atoms with van der Waals surface area (Å²) in [4.78, 5) is 38.5. The van der Waals surface area contributed by atoms with E-state index in [2.05, 4.69) is 20.2 Å². The molecule has 0 radical (unpaired) electrons. The molecule has 174 valence electrons. The highest BCUT2D eigenvalue weighted by Gasteiger charge is 2.45. The Labute approximate surface area is 199 Å². The normalized spacial score (nSPS) is 17.1. The lowest BCUT2D eigenvalue weighted by Gasteiger charge is -2.40. The molecule has 1 aliphatic heterocycles. The van der Waals surface area contributed by atoms with Gasteiger partial charge in [0.1, 0.15) is 0 Å². The van der Waals surface area contributed by atoms with Crippen LogP contribution in [0.2, 0.25) is 0 Å². The van der Waals surface area contributed by atoms with Gasteiger partial charge in [0.25, 0.3) is 0 Å². The fourth-order valence-corrected chi connectivity index (χ4v) is 4.79. The van der Waals surface area contributed by atoms with Crippen molar-refractivity contribution in [3.63, 3.8) is 0 Å². The van der Waals surface area contributed by atoms with Crippen molar-refractivity contribution < 1.29 is 9.59 Å². The van der Waals surface area contributed by atoms with Crippen LogP contribution in [0, 0.1) is 0 Å². The van der Waals surface area contributed by atoms with Crippen molar-refractivity contribution in [3.8, 4) is 0 Å². The second-order valence-electron chi connectivity index (χ2n) is 9.05. The van der Waals surface area contributed by atoms with E-state index >= 15 is 0 Å². The van der Waals surface area contributed by atoms with Crippen molar-refractivity contribution in [2.24, 2.45) is 0 Å². The van der Waals surface area contributed by atoms with E-state index in [4.69, 9.17) is 0 Å². The average Bonchev–Trinajstić information content (AvgIpc) is 2.86. The Hall–Kier alpha value is -3.74. The molecule has 5 rings (SSSR count). The number of nitrogens with zero attached hydrogens (tertiary/aromatic N) is 4. The van der Waals surface area contributed by atoms with E-state index in [1.165, 1.54) is 0 Å². The Morgan fingerprint density at radius 2 is 1.53 bits per heavy atom. The molecule has 0 bridgehead atoms. The van der Waals surface area contributed by atoms with Crippen molar-refractivity contribution in [1.29, 1.82) is 0 Å². The summed E-state index contributed by atoms with van der Waals surface area (Å²) in [5.41, 5.74) is 2.36. The smallest absolute Gasteiger partial charge is 0.235 e. The summed E-state index contributed by atoms with van der Waals surface area (Å²) in [5.74, 6) is 0.875. The minimum absolute atomic E-state index is 0.0500. The van der Waals surface area contributed by atoms with E-state index in [-0.39, 0.29) is 11.8 Å². The van der Waals surface area contributed by atoms with Crippen LogP contribution in [0.15, 0.2) is 73.1 Å². The third-order valence-corrected chi connectivity index (χ3v) is 7.00. The number of benzene rings is 2. The summed E-state index contributed by atoms with van der Waals surface area (Å²) < 4.78 is 0. The van der Waals surface area contributed by atoms with Gasteiger partial charge in [-0.1, -0.05) is 48.9 Å². The molecule has 1 aromatic heterocycles. The van der Waals surface area contributed by atoms with E-state index in [1.807, 2.05) is 59.5 Å². The van der Waals surface area contributed by atoms with Crippen LogP contribution in [0.25, 0.3) is 0 Å². The van der Waals surface area contributed by atoms with Crippen molar-refractivity contribution in [2.45, 2.75) is 31.1 Å². The van der Waals surface area contributed by atoms with Gasteiger partial charge >= 0.3 is 0 Å². The number of rotatable bonds is 6. The van der Waals surface area contributed by atoms with Gasteiger partial charge < -0.3 is 15.1 Å². The highest BCUT2D eigenvalue weighted by atomic mass is 16.2. The molecule has 2 aliphatic rings. The molecule has 7 heteroatoms. The van der Waals surface area contributed by atoms with Crippen LogP contribution in [0.1, 0.15) is 30.4 Å². The minimum atomic E-state index is -0.428. The van der Waals surface area contributed by atoms with Gasteiger partial charge in [-0.3, -0.25) is 9.59 Å². The van der Waals surface area contributed by atoms with Gasteiger partial charge in [-0.05, 0) is 42.2 Å². The summed E-state index contributed by atoms with van der Waals surface area (Å²) in [6.07, 6.45) is 6.64. The summed E-state index contributed by atoms with van der Waals surface area (Å²) >= 11 is 0. The van der Waals surface area contributed by atoms with Crippen LogP contribution in [0.5, 0.6) is 0 Å². The lowest BCUT2D eigenvalue weighted by atomic mass is 9.64. The van der Waals surface area contributed by atoms with Crippen molar-refractivity contribution in [1.82, 2.24) is 14.9 Å². The lowest BCUT2D eigenvalue weighted by Crippen LogP contribution is -2.49. The van der Waals surface area contributed by atoms with Crippen molar-refractivity contribution in [3.05, 3.63) is 84.2 Å². The number of nitrogens with one attached hydrogen (secondary N) is 1. The number of carbonyl (C=O) groups excluding carboxylic acids is 2. The molecular formula is C27H29N5O2. The number of hydrogen-bond acceptors (Lipinski definition) is 5. The molecule has 1 N–H and O–H groups in total. The summed E-state index contributed by atoms with van der Waals surface area (Å²) in [7, 11) is 0. The number of piperazine rings is 1. The fraction of sp³-hybridized carbons (Fsp3) is 0.333. The first kappa shape index (κ1) is 22.1. The maximum atomic E-state index is 13.1. The quantitative estimate of drug-likeness (QED) is 0.616. The maximum absolute atomic E-state index is 13.1. The zero-order chi connectivity index (χ0) is 23.4. The first-order chi connectivity index (χ1) is 16.6. The van der Waals surface area contributed by atoms with E-state index in [1.54, 1.807) is 18.5 Å². The zero-order valence-electron chi connectivity index (χ0n) is 19.2. The maximum Gasteiger partial charge on any atom is 0.235 e. The second kappa shape index (κ2) is 9.63. The van der Waals surface area contributed by atoms with Gasteiger partial charge in [0.2, 0.25) is 17.8 Å². The van der Waals surface area contributed by atoms with E-state index in [0.29, 0.717) is 25.5 Å². The van der Waals surface area contributed by atoms with Crippen LogP contribution in [0.3, 0.4) is 0 Å². The van der Waals surface area contributed by atoms with Crippen molar-refractivity contribution >= 4 is 23.5 Å². The molecule has 2 fully saturated rings. The van der Waals surface area contributed by atoms with Crippen LogP contribution < -0.4 is 10.2 Å². The number of amides is 2. The van der Waals surface area contributed by atoms with Gasteiger partial charge in [0, 0.05) is 44.3 Å². The minimum Gasteiger partial charge on any atom is -0.339 e. The van der Waals surface area contributed by atoms with Gasteiger partial charge in [-0.25, -0.2) is 9.97 Å². The summed E-state index contributed by atoms with van der Waals surface area (Å²) in [5, 5.41) is 3.10. The van der Waals surface area contributed by atoms with Crippen molar-refractivity contribution in [2.75, 3.05) is 36.4 Å². The fourth-order valence-electron chi connectivity index (χ4n) is 4.79. The molecule has 2 aromatic carbocycles. The Bertz CT molecular complexity index is 1120. The first-order valence-electron chi connectivity index (χ1n) is 11.9. The Morgan fingerprint density at radius 3 is 2.15 bits per heavy atom. The zero-order valence-corrected chi connectivity index (χ0v) is 19.2. The molecule has 2 amide bonds. The van der Waals surface area contributed by atoms with E-state index < -0.39 is 5.41 Å². The van der Waals surface area contributed by atoms with Crippen LogP contribution in [-0.2, 0) is 21.4 Å². The SMILES string of the molecule is O=C(Cc1ccc(NC(=O)C2(c3ccccc3)CCC2)cc1)N1CCN(c2ncccn2)CC1. The molecule has 1 saturated carbocycles. The predicted molar refractivity (Wildman–Crippen MR) is 132 cm³/mol. The topological polar surface area (TPSA) is 78.4 Å². The molecule has 0 spiro atoms. The Balaban J connectivity index is 1.15. The molecule has 34 heavy (non-hydrogen) atoms. The number of carbonyl (C=O) groups is 2. The molecule has 1 aliphatic carbocycles. The summed E-state index contributed by atoms with van der Waals surface area (Å²) in [6.45, 7) is 2.77. The Kier molecular flexibility index (Phi) is 6.25. The molecule has 3 aromatic rings. The molecule has 2 heterocycles. The molecule has 7 nitrogen and oxygen atoms in total. The molecular weight excluding hydrogens is 426 g/mol. The number of aromatic nitrogens is 2. The van der Waals surface area contributed by atoms with Crippen LogP contribution in [-0.4, -0.2) is 52.9 Å². The molecule has 0 unspecified atom stereocenters. The van der Waals surface area contributed by atoms with Gasteiger partial charge in [-0.15, -0.1) is 0 Å². The van der Waals surface area contributed by atoms with Gasteiger partial charge in [0.15, 0.2) is 0 Å². The first-order valence-corrected chi connectivity index (χ1v) is 11.9. The van der Waals surface area contributed by atoms with Gasteiger partial charge in [0.05, 0.1) is 11.8 Å². The predicted octanol–water partition coefficient (Wildman–Crippen LogP) is 3.43. The second-order valence-corrected chi connectivity index (χ2v) is 9.05. The number of hydrogen-bond donors (Lipinski definition) is 1. The average molecular weight is 456 g/mol. The monoisotopic (exact) mass is 455 g/mol. The largest absolute Gasteiger partial charge is 0.339 e. The van der Waals surface area contributed by atoms with Crippen LogP contribution >= 0.6 is 0 Å². The van der Waals surface area contributed by atoms with Crippen LogP contribution in [0.4, 0.5) is 11.6 Å². The third-order valence-electron chi connectivity index (χ3n) is 7.00. The molecule has 1 saturated heterocycles. The highest BCUT2D eigenvalue weighted by molar-refractivity contribution is 6.00. The molecule has 0 atom stereocenters. The summed E-state index contributed by atoms with van der Waals surface area (Å²) in [6, 6.07) is 19.5. The number of anilines is 2. The third kappa shape index (κ3) is 4.51.